The van der Waals surface area contributed by atoms with Gasteiger partial charge in [0.05, 0.1) is 11.8 Å². The van der Waals surface area contributed by atoms with Crippen molar-refractivity contribution in [1.82, 2.24) is 4.90 Å². The van der Waals surface area contributed by atoms with Crippen molar-refractivity contribution in [2.75, 3.05) is 11.9 Å². The first-order valence-corrected chi connectivity index (χ1v) is 10.2. The molecule has 1 aliphatic rings. The summed E-state index contributed by atoms with van der Waals surface area (Å²) in [5, 5.41) is 2.70. The van der Waals surface area contributed by atoms with Crippen molar-refractivity contribution in [3.63, 3.8) is 0 Å². The van der Waals surface area contributed by atoms with E-state index in [4.69, 9.17) is 8.83 Å². The van der Waals surface area contributed by atoms with Gasteiger partial charge in [0.1, 0.15) is 17.3 Å². The highest BCUT2D eigenvalue weighted by Gasteiger charge is 2.26. The summed E-state index contributed by atoms with van der Waals surface area (Å²) >= 11 is 0. The van der Waals surface area contributed by atoms with E-state index in [0.29, 0.717) is 36.7 Å². The van der Waals surface area contributed by atoms with Gasteiger partial charge in [-0.3, -0.25) is 9.59 Å². The number of nitrogens with zero attached hydrogens (tertiary/aromatic N) is 1. The van der Waals surface area contributed by atoms with Crippen LogP contribution in [0.15, 0.2) is 81.8 Å². The van der Waals surface area contributed by atoms with Gasteiger partial charge in [0.15, 0.2) is 5.76 Å². The van der Waals surface area contributed by atoms with Crippen LogP contribution in [0.5, 0.6) is 0 Å². The predicted octanol–water partition coefficient (Wildman–Crippen LogP) is 5.13. The van der Waals surface area contributed by atoms with Crippen molar-refractivity contribution in [3.8, 4) is 11.3 Å². The summed E-state index contributed by atoms with van der Waals surface area (Å²) in [4.78, 5) is 26.6. The maximum atomic E-state index is 13.8. The van der Waals surface area contributed by atoms with Gasteiger partial charge in [-0.15, -0.1) is 0 Å². The Hall–Kier alpha value is -4.13. The maximum absolute atomic E-state index is 13.8. The van der Waals surface area contributed by atoms with E-state index >= 15 is 0 Å². The van der Waals surface area contributed by atoms with Crippen LogP contribution < -0.4 is 5.32 Å². The zero-order chi connectivity index (χ0) is 22.1. The third-order valence-corrected chi connectivity index (χ3v) is 5.43. The van der Waals surface area contributed by atoms with Crippen LogP contribution in [0.1, 0.15) is 32.2 Å². The summed E-state index contributed by atoms with van der Waals surface area (Å²) in [6.45, 7) is 1.01. The Bertz CT molecular complexity index is 1280. The predicted molar refractivity (Wildman–Crippen MR) is 116 cm³/mol. The lowest BCUT2D eigenvalue weighted by molar-refractivity contribution is 0.0697. The van der Waals surface area contributed by atoms with Crippen LogP contribution >= 0.6 is 0 Å². The fraction of sp³-hybridized carbons (Fsp3) is 0.120. The van der Waals surface area contributed by atoms with Crippen LogP contribution in [0.3, 0.4) is 0 Å². The smallest absolute Gasteiger partial charge is 0.289 e. The number of carbonyl (C=O) groups is 2. The molecule has 1 N–H and O–H groups in total. The van der Waals surface area contributed by atoms with Gasteiger partial charge in [-0.25, -0.2) is 4.39 Å². The average molecular weight is 430 g/mol. The molecular weight excluding hydrogens is 411 g/mol. The molecule has 3 heterocycles. The molecule has 2 amide bonds. The van der Waals surface area contributed by atoms with E-state index in [1.807, 2.05) is 18.2 Å². The Balaban J connectivity index is 1.29. The number of rotatable bonds is 4. The number of nitrogens with one attached hydrogen (secondary N) is 1. The van der Waals surface area contributed by atoms with Gasteiger partial charge < -0.3 is 19.1 Å². The van der Waals surface area contributed by atoms with E-state index in [0.717, 1.165) is 16.9 Å². The molecule has 0 radical (unpaired) electrons. The van der Waals surface area contributed by atoms with Gasteiger partial charge in [-0.2, -0.15) is 0 Å². The Morgan fingerprint density at radius 2 is 1.81 bits per heavy atom. The number of hydrogen-bond acceptors (Lipinski definition) is 4. The fourth-order valence-corrected chi connectivity index (χ4v) is 3.77. The summed E-state index contributed by atoms with van der Waals surface area (Å²) in [5.41, 5.74) is 2.34. The largest absolute Gasteiger partial charge is 0.461 e. The number of anilines is 1. The molecule has 1 aliphatic heterocycles. The second-order valence-corrected chi connectivity index (χ2v) is 7.52. The summed E-state index contributed by atoms with van der Waals surface area (Å²) < 4.78 is 25.0. The van der Waals surface area contributed by atoms with Gasteiger partial charge in [-0.1, -0.05) is 12.1 Å². The zero-order valence-electron chi connectivity index (χ0n) is 17.0. The molecule has 6 nitrogen and oxygen atoms in total. The standard InChI is InChI=1S/C25H19FN2O4/c26-20-5-2-1-4-19(20)24(29)27-18-9-7-16(8-10-18)23-14-17-15-28(12-11-21(17)32-23)25(30)22-6-3-13-31-22/h1-10,13-14H,11-12,15H2,(H,27,29). The van der Waals surface area contributed by atoms with Crippen molar-refractivity contribution in [3.05, 3.63) is 101 Å². The van der Waals surface area contributed by atoms with Crippen molar-refractivity contribution in [2.24, 2.45) is 0 Å². The minimum atomic E-state index is -0.567. The third kappa shape index (κ3) is 3.80. The quantitative estimate of drug-likeness (QED) is 0.487. The second kappa shape index (κ2) is 8.19. The lowest BCUT2D eigenvalue weighted by Crippen LogP contribution is -2.35. The molecule has 2 aromatic heterocycles. The van der Waals surface area contributed by atoms with Gasteiger partial charge in [0, 0.05) is 36.3 Å². The van der Waals surface area contributed by atoms with Crippen LogP contribution in [-0.2, 0) is 13.0 Å². The fourth-order valence-electron chi connectivity index (χ4n) is 3.77. The van der Waals surface area contributed by atoms with E-state index < -0.39 is 11.7 Å². The van der Waals surface area contributed by atoms with Crippen LogP contribution in [0.2, 0.25) is 0 Å². The molecular formula is C25H19FN2O4. The van der Waals surface area contributed by atoms with E-state index in [1.165, 1.54) is 24.5 Å². The molecule has 0 saturated carbocycles. The number of furan rings is 2. The first kappa shape index (κ1) is 19.8. The Morgan fingerprint density at radius 1 is 1.00 bits per heavy atom. The Morgan fingerprint density at radius 3 is 2.56 bits per heavy atom. The summed E-state index contributed by atoms with van der Waals surface area (Å²) in [5.74, 6) is 0.659. The highest BCUT2D eigenvalue weighted by molar-refractivity contribution is 6.04. The molecule has 0 bridgehead atoms. The maximum Gasteiger partial charge on any atom is 0.289 e. The lowest BCUT2D eigenvalue weighted by atomic mass is 10.1. The Kier molecular flexibility index (Phi) is 5.07. The van der Waals surface area contributed by atoms with Crippen LogP contribution in [0, 0.1) is 5.82 Å². The van der Waals surface area contributed by atoms with Gasteiger partial charge >= 0.3 is 0 Å². The summed E-state index contributed by atoms with van der Waals surface area (Å²) in [7, 11) is 0. The minimum Gasteiger partial charge on any atom is -0.461 e. The van der Waals surface area contributed by atoms with Gasteiger partial charge in [0.2, 0.25) is 0 Å². The number of benzene rings is 2. The first-order chi connectivity index (χ1) is 15.6. The molecule has 0 spiro atoms. The SMILES string of the molecule is O=C(Nc1ccc(-c2cc3c(o2)CCN(C(=O)c2ccco2)C3)cc1)c1ccccc1F. The Labute approximate surface area is 183 Å². The molecule has 0 aliphatic carbocycles. The van der Waals surface area contributed by atoms with Crippen molar-refractivity contribution in [2.45, 2.75) is 13.0 Å². The third-order valence-electron chi connectivity index (χ3n) is 5.43. The monoisotopic (exact) mass is 430 g/mol. The number of fused-ring (bicyclic) bond motifs is 1. The highest BCUT2D eigenvalue weighted by Crippen LogP contribution is 2.31. The average Bonchev–Trinajstić information content (AvgIpc) is 3.49. The van der Waals surface area contributed by atoms with Gasteiger partial charge in [-0.05, 0) is 54.6 Å². The molecule has 0 atom stereocenters. The molecule has 5 rings (SSSR count). The van der Waals surface area contributed by atoms with E-state index in [2.05, 4.69) is 5.32 Å². The molecule has 2 aromatic carbocycles. The van der Waals surface area contributed by atoms with E-state index in [1.54, 1.807) is 35.2 Å². The highest BCUT2D eigenvalue weighted by atomic mass is 19.1. The number of carbonyl (C=O) groups excluding carboxylic acids is 2. The van der Waals surface area contributed by atoms with Crippen molar-refractivity contribution in [1.29, 1.82) is 0 Å². The number of halogens is 1. The van der Waals surface area contributed by atoms with Crippen molar-refractivity contribution < 1.29 is 22.8 Å². The summed E-state index contributed by atoms with van der Waals surface area (Å²) in [6, 6.07) is 18.3. The zero-order valence-corrected chi connectivity index (χ0v) is 17.0. The molecule has 0 saturated heterocycles. The van der Waals surface area contributed by atoms with Gasteiger partial charge in [0.25, 0.3) is 11.8 Å². The number of amides is 2. The van der Waals surface area contributed by atoms with Crippen molar-refractivity contribution >= 4 is 17.5 Å². The van der Waals surface area contributed by atoms with Crippen LogP contribution in [0.4, 0.5) is 10.1 Å². The molecule has 0 fully saturated rings. The minimum absolute atomic E-state index is 0.0102. The topological polar surface area (TPSA) is 75.7 Å². The van der Waals surface area contributed by atoms with E-state index in [-0.39, 0.29) is 11.5 Å². The summed E-state index contributed by atoms with van der Waals surface area (Å²) in [6.07, 6.45) is 2.11. The first-order valence-electron chi connectivity index (χ1n) is 10.2. The molecule has 160 valence electrons. The molecule has 32 heavy (non-hydrogen) atoms. The molecule has 4 aromatic rings. The molecule has 0 unspecified atom stereocenters. The number of hydrogen-bond donors (Lipinski definition) is 1. The lowest BCUT2D eigenvalue weighted by Gasteiger charge is -2.25. The van der Waals surface area contributed by atoms with Crippen LogP contribution in [-0.4, -0.2) is 23.3 Å². The van der Waals surface area contributed by atoms with Crippen LogP contribution in [0.25, 0.3) is 11.3 Å². The molecule has 7 heteroatoms. The normalized spacial score (nSPS) is 13.0. The second-order valence-electron chi connectivity index (χ2n) is 7.52. The van der Waals surface area contributed by atoms with E-state index in [9.17, 15) is 14.0 Å².